The summed E-state index contributed by atoms with van der Waals surface area (Å²) in [6.45, 7) is 2.71. The zero-order chi connectivity index (χ0) is 12.8. The summed E-state index contributed by atoms with van der Waals surface area (Å²) in [7, 11) is 3.79. The summed E-state index contributed by atoms with van der Waals surface area (Å²) in [6, 6.07) is 3.85. The second kappa shape index (κ2) is 6.71. The lowest BCUT2D eigenvalue weighted by Crippen LogP contribution is -2.33. The lowest BCUT2D eigenvalue weighted by Gasteiger charge is -2.27. The van der Waals surface area contributed by atoms with Gasteiger partial charge in [0.1, 0.15) is 5.75 Å². The van der Waals surface area contributed by atoms with Crippen LogP contribution in [0, 0.1) is 0 Å². The molecule has 1 atom stereocenters. The summed E-state index contributed by atoms with van der Waals surface area (Å²) in [4.78, 5) is 6.62. The van der Waals surface area contributed by atoms with Crippen molar-refractivity contribution in [2.24, 2.45) is 0 Å². The maximum Gasteiger partial charge on any atom is 0.122 e. The van der Waals surface area contributed by atoms with Crippen molar-refractivity contribution in [1.82, 2.24) is 9.88 Å². The Balaban J connectivity index is 1.83. The molecule has 0 spiro atoms. The number of rotatable bonds is 5. The van der Waals surface area contributed by atoms with Crippen LogP contribution in [-0.2, 0) is 11.3 Å². The standard InChI is InChI=1S/C14H22N2O2/c1-16(11-14-5-3-4-8-18-14)10-12-9-13(17-2)6-7-15-12/h6-7,9,14H,3-5,8,10-11H2,1-2H3/t14-/m1/s1. The second-order valence-corrected chi connectivity index (χ2v) is 4.87. The topological polar surface area (TPSA) is 34.6 Å². The molecule has 0 aliphatic carbocycles. The average molecular weight is 250 g/mol. The van der Waals surface area contributed by atoms with Crippen LogP contribution in [0.1, 0.15) is 25.0 Å². The lowest BCUT2D eigenvalue weighted by molar-refractivity contribution is -0.00275. The fraction of sp³-hybridized carbons (Fsp3) is 0.643. The average Bonchev–Trinajstić information content (AvgIpc) is 2.40. The van der Waals surface area contributed by atoms with E-state index >= 15 is 0 Å². The minimum absolute atomic E-state index is 0.384. The lowest BCUT2D eigenvalue weighted by atomic mass is 10.1. The van der Waals surface area contributed by atoms with Crippen LogP contribution in [0.5, 0.6) is 5.75 Å². The van der Waals surface area contributed by atoms with Gasteiger partial charge >= 0.3 is 0 Å². The number of nitrogens with zero attached hydrogens (tertiary/aromatic N) is 2. The Kier molecular flexibility index (Phi) is 4.96. The van der Waals surface area contributed by atoms with Gasteiger partial charge in [0.2, 0.25) is 0 Å². The highest BCUT2D eigenvalue weighted by atomic mass is 16.5. The van der Waals surface area contributed by atoms with Gasteiger partial charge in [0.05, 0.1) is 18.9 Å². The van der Waals surface area contributed by atoms with Crippen LogP contribution >= 0.6 is 0 Å². The number of hydrogen-bond acceptors (Lipinski definition) is 4. The fourth-order valence-corrected chi connectivity index (χ4v) is 2.31. The zero-order valence-electron chi connectivity index (χ0n) is 11.3. The first-order chi connectivity index (χ1) is 8.78. The van der Waals surface area contributed by atoms with Crippen molar-refractivity contribution >= 4 is 0 Å². The Labute approximate surface area is 109 Å². The summed E-state index contributed by atoms with van der Waals surface area (Å²) in [5.41, 5.74) is 1.03. The number of likely N-dealkylation sites (N-methyl/N-ethyl adjacent to an activating group) is 1. The summed E-state index contributed by atoms with van der Waals surface area (Å²) < 4.78 is 10.9. The van der Waals surface area contributed by atoms with Crippen molar-refractivity contribution in [3.63, 3.8) is 0 Å². The maximum absolute atomic E-state index is 5.74. The highest BCUT2D eigenvalue weighted by molar-refractivity contribution is 5.22. The van der Waals surface area contributed by atoms with Crippen molar-refractivity contribution in [2.45, 2.75) is 31.9 Å². The molecule has 4 nitrogen and oxygen atoms in total. The van der Waals surface area contributed by atoms with E-state index in [1.165, 1.54) is 19.3 Å². The summed E-state index contributed by atoms with van der Waals surface area (Å²) in [6.07, 6.45) is 5.84. The highest BCUT2D eigenvalue weighted by Gasteiger charge is 2.16. The minimum Gasteiger partial charge on any atom is -0.497 e. The third-order valence-corrected chi connectivity index (χ3v) is 3.24. The molecule has 0 N–H and O–H groups in total. The van der Waals surface area contributed by atoms with Crippen molar-refractivity contribution < 1.29 is 9.47 Å². The maximum atomic E-state index is 5.74. The smallest absolute Gasteiger partial charge is 0.122 e. The van der Waals surface area contributed by atoms with Crippen LogP contribution in [-0.4, -0.2) is 43.3 Å². The third-order valence-electron chi connectivity index (χ3n) is 3.24. The van der Waals surface area contributed by atoms with Gasteiger partial charge < -0.3 is 9.47 Å². The Hall–Kier alpha value is -1.13. The molecule has 1 aromatic rings. The Morgan fingerprint density at radius 2 is 2.39 bits per heavy atom. The number of pyridine rings is 1. The van der Waals surface area contributed by atoms with E-state index in [2.05, 4.69) is 16.9 Å². The van der Waals surface area contributed by atoms with E-state index in [4.69, 9.17) is 9.47 Å². The molecule has 1 aromatic heterocycles. The molecule has 2 rings (SSSR count). The van der Waals surface area contributed by atoms with Gasteiger partial charge in [0.15, 0.2) is 0 Å². The number of methoxy groups -OCH3 is 1. The molecule has 2 heterocycles. The van der Waals surface area contributed by atoms with Gasteiger partial charge in [-0.05, 0) is 32.4 Å². The Morgan fingerprint density at radius 3 is 3.11 bits per heavy atom. The first kappa shape index (κ1) is 13.3. The van der Waals surface area contributed by atoms with Crippen molar-refractivity contribution in [1.29, 1.82) is 0 Å². The number of ether oxygens (including phenoxy) is 2. The molecule has 0 aromatic carbocycles. The predicted molar refractivity (Wildman–Crippen MR) is 70.7 cm³/mol. The molecule has 0 unspecified atom stereocenters. The number of aromatic nitrogens is 1. The normalized spacial score (nSPS) is 20.1. The van der Waals surface area contributed by atoms with Gasteiger partial charge in [-0.25, -0.2) is 0 Å². The van der Waals surface area contributed by atoms with E-state index < -0.39 is 0 Å². The van der Waals surface area contributed by atoms with Gasteiger partial charge in [-0.1, -0.05) is 0 Å². The summed E-state index contributed by atoms with van der Waals surface area (Å²) >= 11 is 0. The Bertz CT molecular complexity index is 365. The molecule has 4 heteroatoms. The fourth-order valence-electron chi connectivity index (χ4n) is 2.31. The summed E-state index contributed by atoms with van der Waals surface area (Å²) in [5.74, 6) is 0.863. The van der Waals surface area contributed by atoms with Crippen LogP contribution < -0.4 is 4.74 Å². The third kappa shape index (κ3) is 3.96. The molecule has 0 amide bonds. The van der Waals surface area contributed by atoms with E-state index in [1.807, 2.05) is 12.1 Å². The van der Waals surface area contributed by atoms with Crippen LogP contribution in [0.3, 0.4) is 0 Å². The van der Waals surface area contributed by atoms with Crippen molar-refractivity contribution in [2.75, 3.05) is 27.3 Å². The molecule has 1 saturated heterocycles. The largest absolute Gasteiger partial charge is 0.497 e. The van der Waals surface area contributed by atoms with Crippen molar-refractivity contribution in [3.8, 4) is 5.75 Å². The van der Waals surface area contributed by atoms with Gasteiger partial charge in [-0.15, -0.1) is 0 Å². The molecule has 0 bridgehead atoms. The molecule has 100 valence electrons. The summed E-state index contributed by atoms with van der Waals surface area (Å²) in [5, 5.41) is 0. The van der Waals surface area contributed by atoms with E-state index in [0.29, 0.717) is 6.10 Å². The van der Waals surface area contributed by atoms with Crippen LogP contribution in [0.15, 0.2) is 18.3 Å². The van der Waals surface area contributed by atoms with E-state index in [1.54, 1.807) is 13.3 Å². The van der Waals surface area contributed by atoms with E-state index in [-0.39, 0.29) is 0 Å². The first-order valence-electron chi connectivity index (χ1n) is 6.57. The van der Waals surface area contributed by atoms with Crippen LogP contribution in [0.4, 0.5) is 0 Å². The molecular formula is C14H22N2O2. The minimum atomic E-state index is 0.384. The molecule has 0 saturated carbocycles. The molecule has 1 aliphatic rings. The SMILES string of the molecule is COc1ccnc(CN(C)C[C@H]2CCCCO2)c1. The monoisotopic (exact) mass is 250 g/mol. The molecule has 1 fully saturated rings. The van der Waals surface area contributed by atoms with Crippen LogP contribution in [0.2, 0.25) is 0 Å². The second-order valence-electron chi connectivity index (χ2n) is 4.87. The van der Waals surface area contributed by atoms with Crippen molar-refractivity contribution in [3.05, 3.63) is 24.0 Å². The molecule has 18 heavy (non-hydrogen) atoms. The van der Waals surface area contributed by atoms with E-state index in [0.717, 1.165) is 31.1 Å². The van der Waals surface area contributed by atoms with Crippen LogP contribution in [0.25, 0.3) is 0 Å². The Morgan fingerprint density at radius 1 is 1.50 bits per heavy atom. The zero-order valence-corrected chi connectivity index (χ0v) is 11.3. The van der Waals surface area contributed by atoms with Gasteiger partial charge in [0, 0.05) is 32.0 Å². The quantitative estimate of drug-likeness (QED) is 0.801. The molecular weight excluding hydrogens is 228 g/mol. The van der Waals surface area contributed by atoms with Gasteiger partial charge in [0.25, 0.3) is 0 Å². The number of hydrogen-bond donors (Lipinski definition) is 0. The van der Waals surface area contributed by atoms with Gasteiger partial charge in [-0.3, -0.25) is 9.88 Å². The predicted octanol–water partition coefficient (Wildman–Crippen LogP) is 2.09. The van der Waals surface area contributed by atoms with Gasteiger partial charge in [-0.2, -0.15) is 0 Å². The molecule has 1 aliphatic heterocycles. The first-order valence-corrected chi connectivity index (χ1v) is 6.57. The highest BCUT2D eigenvalue weighted by Crippen LogP contribution is 2.15. The van der Waals surface area contributed by atoms with E-state index in [9.17, 15) is 0 Å². The molecule has 0 radical (unpaired) electrons.